The molecule has 0 unspecified atom stereocenters. The summed E-state index contributed by atoms with van der Waals surface area (Å²) in [5, 5.41) is 14.3. The van der Waals surface area contributed by atoms with Crippen LogP contribution in [0.2, 0.25) is 0 Å². The van der Waals surface area contributed by atoms with Crippen molar-refractivity contribution in [3.8, 4) is 0 Å². The van der Waals surface area contributed by atoms with E-state index in [1.807, 2.05) is 12.1 Å². The molecule has 0 bridgehead atoms. The number of aryl methyl sites for hydroxylation is 1. The maximum Gasteiger partial charge on any atom is 0.249 e. The second-order valence-electron chi connectivity index (χ2n) is 5.76. The number of Topliss-reactive ketones (excluding diaryl/α,β-unsaturated/α-hetero) is 1. The third-order valence-corrected chi connectivity index (χ3v) is 3.70. The van der Waals surface area contributed by atoms with Gasteiger partial charge in [-0.1, -0.05) is 29.8 Å². The van der Waals surface area contributed by atoms with Gasteiger partial charge in [-0.05, 0) is 43.7 Å². The maximum atomic E-state index is 11.3. The van der Waals surface area contributed by atoms with E-state index in [1.165, 1.54) is 11.1 Å². The standard InChI is InChI=1S/C19H19N5O/c1-13-3-5-15(6-4-13)11-20-18-12-21-24-19(23-18)22-17-9-7-16(8-10-17)14(2)25/h3-10,12H,11H2,1-2H3,(H2,20,22,23,24). The van der Waals surface area contributed by atoms with E-state index >= 15 is 0 Å². The molecule has 0 saturated carbocycles. The minimum Gasteiger partial charge on any atom is -0.365 e. The number of carbonyl (C=O) groups is 1. The van der Waals surface area contributed by atoms with Gasteiger partial charge < -0.3 is 10.6 Å². The predicted octanol–water partition coefficient (Wildman–Crippen LogP) is 3.74. The first-order chi connectivity index (χ1) is 12.1. The molecule has 0 spiro atoms. The Morgan fingerprint density at radius 1 is 1.04 bits per heavy atom. The van der Waals surface area contributed by atoms with Gasteiger partial charge in [-0.2, -0.15) is 10.1 Å². The van der Waals surface area contributed by atoms with Gasteiger partial charge in [-0.15, -0.1) is 5.10 Å². The Labute approximate surface area is 146 Å². The second-order valence-corrected chi connectivity index (χ2v) is 5.76. The van der Waals surface area contributed by atoms with Crippen LogP contribution in [-0.4, -0.2) is 21.0 Å². The second kappa shape index (κ2) is 7.53. The van der Waals surface area contributed by atoms with Crippen LogP contribution in [-0.2, 0) is 6.54 Å². The van der Waals surface area contributed by atoms with Gasteiger partial charge in [0.25, 0.3) is 0 Å². The molecule has 3 rings (SSSR count). The lowest BCUT2D eigenvalue weighted by atomic mass is 10.1. The fourth-order valence-electron chi connectivity index (χ4n) is 2.26. The molecule has 25 heavy (non-hydrogen) atoms. The highest BCUT2D eigenvalue weighted by Crippen LogP contribution is 2.15. The van der Waals surface area contributed by atoms with E-state index in [1.54, 1.807) is 25.3 Å². The minimum absolute atomic E-state index is 0.0340. The van der Waals surface area contributed by atoms with Crippen LogP contribution in [0, 0.1) is 6.92 Å². The average Bonchev–Trinajstić information content (AvgIpc) is 2.62. The number of ketones is 1. The lowest BCUT2D eigenvalue weighted by Crippen LogP contribution is -2.05. The molecule has 0 amide bonds. The van der Waals surface area contributed by atoms with Crippen LogP contribution in [0.5, 0.6) is 0 Å². The van der Waals surface area contributed by atoms with Crippen molar-refractivity contribution in [2.45, 2.75) is 20.4 Å². The summed E-state index contributed by atoms with van der Waals surface area (Å²) >= 11 is 0. The minimum atomic E-state index is 0.0340. The molecule has 0 aliphatic rings. The number of carbonyl (C=O) groups excluding carboxylic acids is 1. The highest BCUT2D eigenvalue weighted by molar-refractivity contribution is 5.94. The van der Waals surface area contributed by atoms with Gasteiger partial charge in [-0.3, -0.25) is 4.79 Å². The first-order valence-electron chi connectivity index (χ1n) is 7.97. The molecule has 6 heteroatoms. The topological polar surface area (TPSA) is 79.8 Å². The molecule has 0 saturated heterocycles. The van der Waals surface area contributed by atoms with Crippen LogP contribution >= 0.6 is 0 Å². The molecule has 126 valence electrons. The summed E-state index contributed by atoms with van der Waals surface area (Å²) in [7, 11) is 0. The van der Waals surface area contributed by atoms with Crippen molar-refractivity contribution in [2.24, 2.45) is 0 Å². The molecule has 1 heterocycles. The van der Waals surface area contributed by atoms with Crippen molar-refractivity contribution in [1.82, 2.24) is 15.2 Å². The molecule has 2 aromatic carbocycles. The van der Waals surface area contributed by atoms with Crippen LogP contribution < -0.4 is 10.6 Å². The molecule has 0 aliphatic carbocycles. The van der Waals surface area contributed by atoms with Gasteiger partial charge in [0.1, 0.15) is 0 Å². The Bertz CT molecular complexity index is 860. The SMILES string of the molecule is CC(=O)c1ccc(Nc2nncc(NCc3ccc(C)cc3)n2)cc1. The van der Waals surface area contributed by atoms with Crippen molar-refractivity contribution in [1.29, 1.82) is 0 Å². The van der Waals surface area contributed by atoms with Gasteiger partial charge in [0.05, 0.1) is 6.20 Å². The van der Waals surface area contributed by atoms with Crippen molar-refractivity contribution in [2.75, 3.05) is 10.6 Å². The van der Waals surface area contributed by atoms with Gasteiger partial charge in [0.2, 0.25) is 5.95 Å². The smallest absolute Gasteiger partial charge is 0.249 e. The number of nitrogens with one attached hydrogen (secondary N) is 2. The lowest BCUT2D eigenvalue weighted by molar-refractivity contribution is 0.101. The van der Waals surface area contributed by atoms with Crippen LogP contribution in [0.25, 0.3) is 0 Å². The Hall–Kier alpha value is -3.28. The van der Waals surface area contributed by atoms with Crippen LogP contribution in [0.1, 0.15) is 28.4 Å². The fourth-order valence-corrected chi connectivity index (χ4v) is 2.26. The van der Waals surface area contributed by atoms with Gasteiger partial charge in [0, 0.05) is 17.8 Å². The molecular formula is C19H19N5O. The maximum absolute atomic E-state index is 11.3. The zero-order chi connectivity index (χ0) is 17.6. The first-order valence-corrected chi connectivity index (χ1v) is 7.97. The lowest BCUT2D eigenvalue weighted by Gasteiger charge is -2.08. The largest absolute Gasteiger partial charge is 0.365 e. The van der Waals surface area contributed by atoms with E-state index in [4.69, 9.17) is 0 Å². The molecule has 6 nitrogen and oxygen atoms in total. The van der Waals surface area contributed by atoms with Gasteiger partial charge >= 0.3 is 0 Å². The quantitative estimate of drug-likeness (QED) is 0.669. The highest BCUT2D eigenvalue weighted by Gasteiger charge is 2.03. The van der Waals surface area contributed by atoms with Crippen molar-refractivity contribution < 1.29 is 4.79 Å². The number of rotatable bonds is 6. The van der Waals surface area contributed by atoms with Crippen LogP contribution in [0.15, 0.2) is 54.7 Å². The van der Waals surface area contributed by atoms with E-state index in [0.717, 1.165) is 5.69 Å². The molecule has 2 N–H and O–H groups in total. The number of hydrogen-bond acceptors (Lipinski definition) is 6. The van der Waals surface area contributed by atoms with E-state index in [0.29, 0.717) is 23.9 Å². The summed E-state index contributed by atoms with van der Waals surface area (Å²) in [6.07, 6.45) is 1.58. The van der Waals surface area contributed by atoms with E-state index < -0.39 is 0 Å². The summed E-state index contributed by atoms with van der Waals surface area (Å²) in [5.41, 5.74) is 3.86. The highest BCUT2D eigenvalue weighted by atomic mass is 16.1. The molecular weight excluding hydrogens is 314 g/mol. The van der Waals surface area contributed by atoms with E-state index in [2.05, 4.69) is 57.0 Å². The molecule has 0 fully saturated rings. The number of benzene rings is 2. The average molecular weight is 333 g/mol. The van der Waals surface area contributed by atoms with E-state index in [-0.39, 0.29) is 5.78 Å². The molecule has 0 radical (unpaired) electrons. The summed E-state index contributed by atoms with van der Waals surface area (Å²) < 4.78 is 0. The first kappa shape index (κ1) is 16.6. The Morgan fingerprint density at radius 2 is 1.76 bits per heavy atom. The van der Waals surface area contributed by atoms with Gasteiger partial charge in [-0.25, -0.2) is 0 Å². The van der Waals surface area contributed by atoms with E-state index in [9.17, 15) is 4.79 Å². The number of nitrogens with zero attached hydrogens (tertiary/aromatic N) is 3. The summed E-state index contributed by atoms with van der Waals surface area (Å²) in [6, 6.07) is 15.5. The third kappa shape index (κ3) is 4.60. The number of anilines is 3. The summed E-state index contributed by atoms with van der Waals surface area (Å²) in [5.74, 6) is 1.06. The predicted molar refractivity (Wildman–Crippen MR) is 98.1 cm³/mol. The third-order valence-electron chi connectivity index (χ3n) is 3.70. The zero-order valence-electron chi connectivity index (χ0n) is 14.2. The van der Waals surface area contributed by atoms with Crippen molar-refractivity contribution in [3.63, 3.8) is 0 Å². The molecule has 0 aliphatic heterocycles. The van der Waals surface area contributed by atoms with Crippen LogP contribution in [0.4, 0.5) is 17.5 Å². The Kier molecular flexibility index (Phi) is 4.99. The summed E-state index contributed by atoms with van der Waals surface area (Å²) in [4.78, 5) is 15.7. The molecule has 1 aromatic heterocycles. The number of hydrogen-bond donors (Lipinski definition) is 2. The monoisotopic (exact) mass is 333 g/mol. The normalized spacial score (nSPS) is 10.3. The van der Waals surface area contributed by atoms with Gasteiger partial charge in [0.15, 0.2) is 11.6 Å². The Balaban J connectivity index is 1.64. The fraction of sp³-hybridized carbons (Fsp3) is 0.158. The number of aromatic nitrogens is 3. The summed E-state index contributed by atoms with van der Waals surface area (Å²) in [6.45, 7) is 4.26. The van der Waals surface area contributed by atoms with Crippen molar-refractivity contribution in [3.05, 3.63) is 71.4 Å². The van der Waals surface area contributed by atoms with Crippen molar-refractivity contribution >= 4 is 23.2 Å². The molecule has 3 aromatic rings. The van der Waals surface area contributed by atoms with Crippen LogP contribution in [0.3, 0.4) is 0 Å². The zero-order valence-corrected chi connectivity index (χ0v) is 14.2. The Morgan fingerprint density at radius 3 is 2.44 bits per heavy atom. The molecule has 0 atom stereocenters.